The fraction of sp³-hybridized carbons (Fsp3) is 0.360. The molecule has 6 nitrogen and oxygen atoms in total. The largest absolute Gasteiger partial charge is 0.345 e. The normalized spacial score (nSPS) is 16.2. The lowest BCUT2D eigenvalue weighted by molar-refractivity contribution is -0.128. The molecule has 0 saturated carbocycles. The molecule has 1 saturated heterocycles. The van der Waals surface area contributed by atoms with Crippen LogP contribution < -0.4 is 5.48 Å². The number of nitrogens with one attached hydrogen (secondary N) is 1. The van der Waals surface area contributed by atoms with Crippen molar-refractivity contribution in [2.75, 3.05) is 26.7 Å². The van der Waals surface area contributed by atoms with Gasteiger partial charge in [0.15, 0.2) is 0 Å². The number of carbonyl (C=O) groups excluding carboxylic acids is 2. The van der Waals surface area contributed by atoms with Crippen LogP contribution in [-0.4, -0.2) is 53.5 Å². The number of carbonyl (C=O) groups is 2. The Morgan fingerprint density at radius 2 is 1.74 bits per heavy atom. The van der Waals surface area contributed by atoms with Gasteiger partial charge in [0, 0.05) is 38.6 Å². The Morgan fingerprint density at radius 3 is 2.32 bits per heavy atom. The van der Waals surface area contributed by atoms with Gasteiger partial charge >= 0.3 is 0 Å². The van der Waals surface area contributed by atoms with Gasteiger partial charge in [0.05, 0.1) is 0 Å². The van der Waals surface area contributed by atoms with Crippen LogP contribution in [0.4, 0.5) is 0 Å². The third-order valence-corrected chi connectivity index (χ3v) is 6.20. The summed E-state index contributed by atoms with van der Waals surface area (Å²) in [6.45, 7) is 5.18. The Hall–Kier alpha value is -2.96. The van der Waals surface area contributed by atoms with Crippen molar-refractivity contribution in [2.45, 2.75) is 31.7 Å². The van der Waals surface area contributed by atoms with Crippen LogP contribution in [0.25, 0.3) is 6.08 Å². The van der Waals surface area contributed by atoms with Crippen molar-refractivity contribution in [1.82, 2.24) is 15.3 Å². The second-order valence-corrected chi connectivity index (χ2v) is 8.35. The minimum atomic E-state index is -0.547. The SMILES string of the molecule is CC(=O)N(C)CC1(c2ccccc2)CCN(Cc2ccc(C=CC(=O)NO)cc2)CC1. The van der Waals surface area contributed by atoms with Crippen molar-refractivity contribution in [3.05, 3.63) is 77.4 Å². The molecular weight excluding hydrogens is 390 g/mol. The summed E-state index contributed by atoms with van der Waals surface area (Å²) in [4.78, 5) is 27.3. The summed E-state index contributed by atoms with van der Waals surface area (Å²) >= 11 is 0. The number of piperidine rings is 1. The number of likely N-dealkylation sites (N-methyl/N-ethyl adjacent to an activating group) is 1. The summed E-state index contributed by atoms with van der Waals surface area (Å²) in [6.07, 6.45) is 4.97. The smallest absolute Gasteiger partial charge is 0.267 e. The topological polar surface area (TPSA) is 72.9 Å². The molecule has 3 rings (SSSR count). The van der Waals surface area contributed by atoms with Gasteiger partial charge in [0.25, 0.3) is 5.91 Å². The number of amides is 2. The second kappa shape index (κ2) is 10.4. The molecule has 164 valence electrons. The van der Waals surface area contributed by atoms with E-state index in [-0.39, 0.29) is 11.3 Å². The Morgan fingerprint density at radius 1 is 1.10 bits per heavy atom. The zero-order valence-corrected chi connectivity index (χ0v) is 18.3. The van der Waals surface area contributed by atoms with Crippen LogP contribution in [-0.2, 0) is 21.5 Å². The van der Waals surface area contributed by atoms with Gasteiger partial charge in [0.2, 0.25) is 5.91 Å². The molecule has 2 aromatic rings. The Balaban J connectivity index is 1.64. The molecule has 2 N–H and O–H groups in total. The van der Waals surface area contributed by atoms with Crippen LogP contribution in [0.5, 0.6) is 0 Å². The molecule has 0 radical (unpaired) electrons. The highest BCUT2D eigenvalue weighted by Gasteiger charge is 2.37. The minimum Gasteiger partial charge on any atom is -0.345 e. The lowest BCUT2D eigenvalue weighted by Crippen LogP contribution is -2.48. The maximum absolute atomic E-state index is 11.9. The monoisotopic (exact) mass is 421 g/mol. The van der Waals surface area contributed by atoms with E-state index in [4.69, 9.17) is 5.21 Å². The molecule has 0 aliphatic carbocycles. The molecule has 2 aromatic carbocycles. The van der Waals surface area contributed by atoms with E-state index in [2.05, 4.69) is 41.3 Å². The number of hydroxylamine groups is 1. The van der Waals surface area contributed by atoms with Crippen molar-refractivity contribution in [2.24, 2.45) is 0 Å². The standard InChI is InChI=1S/C25H31N3O3/c1-20(29)27(2)19-25(23-6-4-3-5-7-23)14-16-28(17-15-25)18-22-10-8-21(9-11-22)12-13-24(30)26-31/h3-13,31H,14-19H2,1-2H3,(H,26,30). The van der Waals surface area contributed by atoms with Crippen molar-refractivity contribution < 1.29 is 14.8 Å². The summed E-state index contributed by atoms with van der Waals surface area (Å²) in [7, 11) is 1.89. The summed E-state index contributed by atoms with van der Waals surface area (Å²) in [6, 6.07) is 18.6. The lowest BCUT2D eigenvalue weighted by atomic mass is 9.72. The second-order valence-electron chi connectivity index (χ2n) is 8.35. The van der Waals surface area contributed by atoms with Crippen LogP contribution in [0, 0.1) is 0 Å². The quantitative estimate of drug-likeness (QED) is 0.409. The number of rotatable bonds is 7. The van der Waals surface area contributed by atoms with Gasteiger partial charge < -0.3 is 4.90 Å². The van der Waals surface area contributed by atoms with Crippen LogP contribution in [0.2, 0.25) is 0 Å². The predicted octanol–water partition coefficient (Wildman–Crippen LogP) is 3.22. The van der Waals surface area contributed by atoms with Gasteiger partial charge in [0.1, 0.15) is 0 Å². The average molecular weight is 422 g/mol. The first-order valence-corrected chi connectivity index (χ1v) is 10.6. The van der Waals surface area contributed by atoms with Gasteiger partial charge in [-0.05, 0) is 48.7 Å². The molecule has 1 fully saturated rings. The number of benzene rings is 2. The maximum Gasteiger partial charge on any atom is 0.267 e. The molecule has 0 unspecified atom stereocenters. The maximum atomic E-state index is 11.9. The molecule has 1 heterocycles. The predicted molar refractivity (Wildman–Crippen MR) is 121 cm³/mol. The van der Waals surface area contributed by atoms with Crippen LogP contribution in [0.1, 0.15) is 36.5 Å². The lowest BCUT2D eigenvalue weighted by Gasteiger charge is -2.44. The number of hydrogen-bond donors (Lipinski definition) is 2. The van der Waals surface area contributed by atoms with E-state index in [9.17, 15) is 9.59 Å². The molecule has 0 bridgehead atoms. The Bertz CT molecular complexity index is 901. The van der Waals surface area contributed by atoms with Gasteiger partial charge in [-0.3, -0.25) is 19.7 Å². The van der Waals surface area contributed by atoms with Crippen molar-refractivity contribution in [3.63, 3.8) is 0 Å². The van der Waals surface area contributed by atoms with Gasteiger partial charge in [-0.2, -0.15) is 0 Å². The third-order valence-electron chi connectivity index (χ3n) is 6.20. The van der Waals surface area contributed by atoms with Crippen molar-refractivity contribution >= 4 is 17.9 Å². The van der Waals surface area contributed by atoms with E-state index in [1.807, 2.05) is 30.1 Å². The van der Waals surface area contributed by atoms with Crippen molar-refractivity contribution in [1.29, 1.82) is 0 Å². The van der Waals surface area contributed by atoms with E-state index in [0.29, 0.717) is 0 Å². The number of hydrogen-bond acceptors (Lipinski definition) is 4. The highest BCUT2D eigenvalue weighted by atomic mass is 16.5. The van der Waals surface area contributed by atoms with Gasteiger partial charge in [-0.15, -0.1) is 0 Å². The molecule has 0 atom stereocenters. The minimum absolute atomic E-state index is 0.0138. The van der Waals surface area contributed by atoms with E-state index in [0.717, 1.165) is 44.6 Å². The van der Waals surface area contributed by atoms with E-state index < -0.39 is 5.91 Å². The molecule has 1 aliphatic rings. The van der Waals surface area contributed by atoms with Gasteiger partial charge in [-0.25, -0.2) is 5.48 Å². The van der Waals surface area contributed by atoms with Crippen LogP contribution >= 0.6 is 0 Å². The fourth-order valence-electron chi connectivity index (χ4n) is 4.24. The molecule has 0 spiro atoms. The zero-order chi connectivity index (χ0) is 22.3. The molecule has 0 aromatic heterocycles. The average Bonchev–Trinajstić information content (AvgIpc) is 2.80. The number of likely N-dealkylation sites (tertiary alicyclic amines) is 1. The molecule has 2 amide bonds. The molecular formula is C25H31N3O3. The van der Waals surface area contributed by atoms with Crippen LogP contribution in [0.15, 0.2) is 60.7 Å². The van der Waals surface area contributed by atoms with E-state index in [1.165, 1.54) is 17.2 Å². The Labute approximate surface area is 184 Å². The first-order chi connectivity index (χ1) is 14.9. The van der Waals surface area contributed by atoms with Crippen molar-refractivity contribution in [3.8, 4) is 0 Å². The van der Waals surface area contributed by atoms with E-state index >= 15 is 0 Å². The summed E-state index contributed by atoms with van der Waals surface area (Å²) in [5.74, 6) is -0.446. The van der Waals surface area contributed by atoms with E-state index in [1.54, 1.807) is 18.5 Å². The van der Waals surface area contributed by atoms with Crippen LogP contribution in [0.3, 0.4) is 0 Å². The first-order valence-electron chi connectivity index (χ1n) is 10.6. The highest BCUT2D eigenvalue weighted by Crippen LogP contribution is 2.36. The zero-order valence-electron chi connectivity index (χ0n) is 18.3. The Kier molecular flexibility index (Phi) is 7.60. The fourth-order valence-corrected chi connectivity index (χ4v) is 4.24. The van der Waals surface area contributed by atoms with Gasteiger partial charge in [-0.1, -0.05) is 54.6 Å². The highest BCUT2D eigenvalue weighted by molar-refractivity contribution is 5.90. The summed E-state index contributed by atoms with van der Waals surface area (Å²) in [5, 5.41) is 8.55. The first kappa shape index (κ1) is 22.7. The summed E-state index contributed by atoms with van der Waals surface area (Å²) in [5.41, 5.74) is 5.00. The third kappa shape index (κ3) is 6.03. The molecule has 31 heavy (non-hydrogen) atoms. The summed E-state index contributed by atoms with van der Waals surface area (Å²) < 4.78 is 0. The molecule has 1 aliphatic heterocycles. The molecule has 6 heteroatoms. The number of nitrogens with zero attached hydrogens (tertiary/aromatic N) is 2.